The van der Waals surface area contributed by atoms with Crippen LogP contribution < -0.4 is 0 Å². The molecule has 0 heterocycles. The molecule has 1 N–H and O–H groups in total. The molecule has 0 radical (unpaired) electrons. The summed E-state index contributed by atoms with van der Waals surface area (Å²) in [6, 6.07) is 0. The molecule has 1 nitrogen and oxygen atoms in total. The highest BCUT2D eigenvalue weighted by Gasteiger charge is 1.82. The molecular weight excluding hydrogens is 189 g/mol. The molecule has 0 saturated carbocycles. The van der Waals surface area contributed by atoms with E-state index in [2.05, 4.69) is 22.6 Å². The molecule has 0 aliphatic carbocycles. The van der Waals surface area contributed by atoms with E-state index in [0.29, 0.717) is 0 Å². The zero-order valence-corrected chi connectivity index (χ0v) is 5.95. The molecule has 2 heteroatoms. The molecule has 0 amide bonds. The van der Waals surface area contributed by atoms with E-state index in [9.17, 15) is 0 Å². The Morgan fingerprint density at radius 1 is 1.83 bits per heavy atom. The molecular formula is C4H8IN. The van der Waals surface area contributed by atoms with E-state index in [1.807, 2.05) is 6.92 Å². The molecule has 0 aromatic rings. The van der Waals surface area contributed by atoms with Gasteiger partial charge in [0.25, 0.3) is 0 Å². The normalized spacial score (nSPS) is 8.33. The van der Waals surface area contributed by atoms with Crippen molar-refractivity contribution < 1.29 is 0 Å². The van der Waals surface area contributed by atoms with Gasteiger partial charge in [0.2, 0.25) is 0 Å². The van der Waals surface area contributed by atoms with Crippen LogP contribution in [0.3, 0.4) is 0 Å². The first-order chi connectivity index (χ1) is 2.81. The Morgan fingerprint density at radius 3 is 2.33 bits per heavy atom. The van der Waals surface area contributed by atoms with Crippen LogP contribution in [0.5, 0.6) is 0 Å². The molecule has 6 heavy (non-hydrogen) atoms. The maximum Gasteiger partial charge on any atom is 0.0374 e. The van der Waals surface area contributed by atoms with Crippen molar-refractivity contribution in [1.82, 2.24) is 0 Å². The van der Waals surface area contributed by atoms with Gasteiger partial charge in [-0.3, -0.25) is 0 Å². The first kappa shape index (κ1) is 6.40. The van der Waals surface area contributed by atoms with Crippen LogP contribution >= 0.6 is 22.6 Å². The third-order valence-electron chi connectivity index (χ3n) is 0.588. The third kappa shape index (κ3) is 2.63. The summed E-state index contributed by atoms with van der Waals surface area (Å²) in [5.74, 6) is 0. The van der Waals surface area contributed by atoms with Gasteiger partial charge in [0.1, 0.15) is 0 Å². The highest BCUT2D eigenvalue weighted by atomic mass is 127. The first-order valence-corrected chi connectivity index (χ1v) is 3.46. The van der Waals surface area contributed by atoms with Crippen molar-refractivity contribution >= 4 is 28.3 Å². The molecule has 0 atom stereocenters. The Kier molecular flexibility index (Phi) is 3.82. The van der Waals surface area contributed by atoms with Crippen molar-refractivity contribution in [3.05, 3.63) is 0 Å². The molecule has 36 valence electrons. The number of nitrogens with one attached hydrogen (secondary N) is 1. The lowest BCUT2D eigenvalue weighted by molar-refractivity contribution is 1.24. The molecule has 0 spiro atoms. The van der Waals surface area contributed by atoms with Crippen LogP contribution in [0.1, 0.15) is 13.3 Å². The minimum atomic E-state index is 0.829. The number of hydrogen-bond donors (Lipinski definition) is 1. The summed E-state index contributed by atoms with van der Waals surface area (Å²) in [7, 11) is 0. The summed E-state index contributed by atoms with van der Waals surface area (Å²) in [4.78, 5) is 0. The average molecular weight is 197 g/mol. The monoisotopic (exact) mass is 197 g/mol. The fourth-order valence-electron chi connectivity index (χ4n) is 0.0945. The number of halogens is 1. The number of hydrogen-bond acceptors (Lipinski definition) is 1. The van der Waals surface area contributed by atoms with Gasteiger partial charge < -0.3 is 5.41 Å². The molecule has 0 aromatic heterocycles. The Balaban J connectivity index is 2.99. The van der Waals surface area contributed by atoms with Gasteiger partial charge in [-0.2, -0.15) is 0 Å². The second-order valence-electron chi connectivity index (χ2n) is 1.09. The summed E-state index contributed by atoms with van der Waals surface area (Å²) in [6.45, 7) is 2.00. The van der Waals surface area contributed by atoms with Gasteiger partial charge in [-0.05, 0) is 6.42 Å². The molecule has 0 saturated heterocycles. The predicted molar refractivity (Wildman–Crippen MR) is 36.9 cm³/mol. The van der Waals surface area contributed by atoms with E-state index in [1.165, 1.54) is 0 Å². The largest absolute Gasteiger partial charge is 0.309 e. The summed E-state index contributed by atoms with van der Waals surface area (Å²) < 4.78 is 0.883. The smallest absolute Gasteiger partial charge is 0.0374 e. The number of rotatable bonds is 2. The molecule has 0 bridgehead atoms. The van der Waals surface area contributed by atoms with Gasteiger partial charge in [0.05, 0.1) is 0 Å². The second kappa shape index (κ2) is 3.59. The highest BCUT2D eigenvalue weighted by molar-refractivity contribution is 14.1. The van der Waals surface area contributed by atoms with Crippen LogP contribution in [0, 0.1) is 5.41 Å². The van der Waals surface area contributed by atoms with Crippen molar-refractivity contribution in [2.45, 2.75) is 13.3 Å². The lowest BCUT2D eigenvalue weighted by atomic mass is 10.3. The maximum atomic E-state index is 6.98. The molecule has 0 aliphatic rings. The fraction of sp³-hybridized carbons (Fsp3) is 0.750. The topological polar surface area (TPSA) is 23.9 Å². The summed E-state index contributed by atoms with van der Waals surface area (Å²) in [5.41, 5.74) is 0.829. The van der Waals surface area contributed by atoms with Gasteiger partial charge in [-0.1, -0.05) is 29.5 Å². The standard InChI is InChI=1S/C4H8IN/c1-2-4(6)3-5/h6H,2-3H2,1H3. The van der Waals surface area contributed by atoms with Crippen LogP contribution in [0.4, 0.5) is 0 Å². The average Bonchev–Trinajstić information content (AvgIpc) is 1.65. The number of alkyl halides is 1. The van der Waals surface area contributed by atoms with Crippen LogP contribution in [-0.4, -0.2) is 10.1 Å². The zero-order chi connectivity index (χ0) is 4.99. The Bertz CT molecular complexity index is 45.5. The quantitative estimate of drug-likeness (QED) is 0.396. The third-order valence-corrected chi connectivity index (χ3v) is 1.51. The van der Waals surface area contributed by atoms with Crippen LogP contribution in [0.15, 0.2) is 0 Å². The SMILES string of the molecule is CCC(=N)CI. The lowest BCUT2D eigenvalue weighted by Gasteiger charge is -1.85. The van der Waals surface area contributed by atoms with Gasteiger partial charge in [0.15, 0.2) is 0 Å². The van der Waals surface area contributed by atoms with E-state index in [4.69, 9.17) is 5.41 Å². The van der Waals surface area contributed by atoms with Crippen molar-refractivity contribution in [2.75, 3.05) is 4.43 Å². The van der Waals surface area contributed by atoms with Gasteiger partial charge in [-0.15, -0.1) is 0 Å². The van der Waals surface area contributed by atoms with Gasteiger partial charge in [-0.25, -0.2) is 0 Å². The first-order valence-electron chi connectivity index (χ1n) is 1.93. The van der Waals surface area contributed by atoms with E-state index in [1.54, 1.807) is 0 Å². The Hall–Kier alpha value is 0.400. The molecule has 0 rings (SSSR count). The van der Waals surface area contributed by atoms with E-state index in [0.717, 1.165) is 16.6 Å². The summed E-state index contributed by atoms with van der Waals surface area (Å²) >= 11 is 2.19. The van der Waals surface area contributed by atoms with Crippen molar-refractivity contribution in [3.63, 3.8) is 0 Å². The second-order valence-corrected chi connectivity index (χ2v) is 1.85. The van der Waals surface area contributed by atoms with Crippen LogP contribution in [-0.2, 0) is 0 Å². The predicted octanol–water partition coefficient (Wildman–Crippen LogP) is 1.85. The minimum Gasteiger partial charge on any atom is -0.309 e. The van der Waals surface area contributed by atoms with Crippen LogP contribution in [0.25, 0.3) is 0 Å². The van der Waals surface area contributed by atoms with Gasteiger partial charge >= 0.3 is 0 Å². The van der Waals surface area contributed by atoms with Crippen molar-refractivity contribution in [3.8, 4) is 0 Å². The van der Waals surface area contributed by atoms with E-state index < -0.39 is 0 Å². The van der Waals surface area contributed by atoms with Crippen LogP contribution in [0.2, 0.25) is 0 Å². The van der Waals surface area contributed by atoms with E-state index >= 15 is 0 Å². The Labute approximate surface area is 51.8 Å². The molecule has 0 unspecified atom stereocenters. The summed E-state index contributed by atoms with van der Waals surface area (Å²) in [6.07, 6.45) is 0.906. The molecule has 0 aliphatic heterocycles. The zero-order valence-electron chi connectivity index (χ0n) is 3.79. The lowest BCUT2D eigenvalue weighted by Crippen LogP contribution is -1.91. The van der Waals surface area contributed by atoms with Gasteiger partial charge in [0, 0.05) is 10.1 Å². The molecule has 0 fully saturated rings. The highest BCUT2D eigenvalue weighted by Crippen LogP contribution is 1.86. The van der Waals surface area contributed by atoms with Crippen molar-refractivity contribution in [2.24, 2.45) is 0 Å². The molecule has 0 aromatic carbocycles. The minimum absolute atomic E-state index is 0.829. The van der Waals surface area contributed by atoms with E-state index in [-0.39, 0.29) is 0 Å². The Morgan fingerprint density at radius 2 is 2.33 bits per heavy atom. The van der Waals surface area contributed by atoms with Crippen molar-refractivity contribution in [1.29, 1.82) is 5.41 Å². The maximum absolute atomic E-state index is 6.98. The summed E-state index contributed by atoms with van der Waals surface area (Å²) in [5, 5.41) is 6.98. The fourth-order valence-corrected chi connectivity index (χ4v) is 0.634.